The van der Waals surface area contributed by atoms with Gasteiger partial charge in [-0.1, -0.05) is 26.0 Å². The van der Waals surface area contributed by atoms with Gasteiger partial charge in [-0.3, -0.25) is 0 Å². The maximum Gasteiger partial charge on any atom is 0.0374 e. The molecule has 0 amide bonds. The predicted octanol–water partition coefficient (Wildman–Crippen LogP) is 3.94. The van der Waals surface area contributed by atoms with Gasteiger partial charge >= 0.3 is 0 Å². The van der Waals surface area contributed by atoms with Gasteiger partial charge in [-0.15, -0.1) is 0 Å². The van der Waals surface area contributed by atoms with E-state index in [2.05, 4.69) is 58.1 Å². The molecular weight excluding hydrogens is 170 g/mol. The Morgan fingerprint density at radius 2 is 1.71 bits per heavy atom. The third-order valence-corrected chi connectivity index (χ3v) is 2.37. The van der Waals surface area contributed by atoms with Crippen LogP contribution in [-0.4, -0.2) is 6.04 Å². The fourth-order valence-electron chi connectivity index (χ4n) is 1.47. The van der Waals surface area contributed by atoms with Crippen LogP contribution in [0, 0.1) is 6.92 Å². The van der Waals surface area contributed by atoms with E-state index in [1.54, 1.807) is 0 Å². The molecule has 0 radical (unpaired) electrons. The lowest BCUT2D eigenvalue weighted by atomic mass is 10.0. The summed E-state index contributed by atoms with van der Waals surface area (Å²) in [5, 5.41) is 3.47. The van der Waals surface area contributed by atoms with Crippen molar-refractivity contribution in [1.82, 2.24) is 0 Å². The van der Waals surface area contributed by atoms with E-state index in [1.165, 1.54) is 16.8 Å². The fraction of sp³-hybridized carbons (Fsp3) is 0.538. The Morgan fingerprint density at radius 3 is 2.21 bits per heavy atom. The molecule has 0 fully saturated rings. The smallest absolute Gasteiger partial charge is 0.0374 e. The zero-order valence-electron chi connectivity index (χ0n) is 9.89. The maximum absolute atomic E-state index is 3.47. The van der Waals surface area contributed by atoms with Crippen LogP contribution in [0.4, 0.5) is 5.69 Å². The highest BCUT2D eigenvalue weighted by Crippen LogP contribution is 2.22. The highest BCUT2D eigenvalue weighted by molar-refractivity contribution is 5.53. The normalized spacial score (nSPS) is 11.1. The zero-order chi connectivity index (χ0) is 10.7. The summed E-state index contributed by atoms with van der Waals surface area (Å²) in [6, 6.07) is 7.17. The van der Waals surface area contributed by atoms with Crippen LogP contribution in [0.2, 0.25) is 0 Å². The molecular formula is C13H21N. The Labute approximate surface area is 87.5 Å². The molecule has 1 rings (SSSR count). The van der Waals surface area contributed by atoms with Gasteiger partial charge in [-0.25, -0.2) is 0 Å². The SMILES string of the molecule is Cc1ccc(C(C)C)cc1NC(C)C. The Balaban J connectivity index is 2.96. The molecule has 1 N–H and O–H groups in total. The molecule has 0 unspecified atom stereocenters. The van der Waals surface area contributed by atoms with Gasteiger partial charge in [0.2, 0.25) is 0 Å². The number of aryl methyl sites for hydroxylation is 1. The molecule has 78 valence electrons. The second kappa shape index (κ2) is 4.50. The Morgan fingerprint density at radius 1 is 1.07 bits per heavy atom. The van der Waals surface area contributed by atoms with Gasteiger partial charge in [0.1, 0.15) is 0 Å². The highest BCUT2D eigenvalue weighted by Gasteiger charge is 2.04. The van der Waals surface area contributed by atoms with Crippen LogP contribution < -0.4 is 5.32 Å². The molecule has 0 atom stereocenters. The molecule has 1 nitrogen and oxygen atoms in total. The molecule has 0 bridgehead atoms. The van der Waals surface area contributed by atoms with Gasteiger partial charge in [-0.05, 0) is 43.9 Å². The van der Waals surface area contributed by atoms with Gasteiger partial charge in [-0.2, -0.15) is 0 Å². The van der Waals surface area contributed by atoms with Crippen LogP contribution >= 0.6 is 0 Å². The third-order valence-electron chi connectivity index (χ3n) is 2.37. The molecule has 0 aliphatic rings. The topological polar surface area (TPSA) is 12.0 Å². The van der Waals surface area contributed by atoms with Crippen LogP contribution in [-0.2, 0) is 0 Å². The second-order valence-electron chi connectivity index (χ2n) is 4.53. The van der Waals surface area contributed by atoms with Crippen molar-refractivity contribution in [2.24, 2.45) is 0 Å². The molecule has 0 aliphatic carbocycles. The lowest BCUT2D eigenvalue weighted by Crippen LogP contribution is -2.11. The number of hydrogen-bond acceptors (Lipinski definition) is 1. The van der Waals surface area contributed by atoms with E-state index in [9.17, 15) is 0 Å². The lowest BCUT2D eigenvalue weighted by Gasteiger charge is -2.15. The van der Waals surface area contributed by atoms with E-state index in [0.29, 0.717) is 12.0 Å². The van der Waals surface area contributed by atoms with Gasteiger partial charge in [0.15, 0.2) is 0 Å². The first-order valence-electron chi connectivity index (χ1n) is 5.37. The van der Waals surface area contributed by atoms with Crippen molar-refractivity contribution < 1.29 is 0 Å². The standard InChI is InChI=1S/C13H21N/c1-9(2)12-7-6-11(5)13(8-12)14-10(3)4/h6-10,14H,1-5H3. The number of benzene rings is 1. The van der Waals surface area contributed by atoms with Crippen LogP contribution in [0.25, 0.3) is 0 Å². The van der Waals surface area contributed by atoms with Crippen molar-refractivity contribution in [2.75, 3.05) is 5.32 Å². The fourth-order valence-corrected chi connectivity index (χ4v) is 1.47. The highest BCUT2D eigenvalue weighted by atomic mass is 14.9. The summed E-state index contributed by atoms with van der Waals surface area (Å²) in [6.45, 7) is 10.9. The van der Waals surface area contributed by atoms with Crippen molar-refractivity contribution >= 4 is 5.69 Å². The molecule has 1 aromatic rings. The monoisotopic (exact) mass is 191 g/mol. The summed E-state index contributed by atoms with van der Waals surface area (Å²) in [4.78, 5) is 0. The Hall–Kier alpha value is -0.980. The number of rotatable bonds is 3. The quantitative estimate of drug-likeness (QED) is 0.763. The first kappa shape index (κ1) is 11.1. The van der Waals surface area contributed by atoms with Crippen LogP contribution in [0.5, 0.6) is 0 Å². The van der Waals surface area contributed by atoms with E-state index >= 15 is 0 Å². The van der Waals surface area contributed by atoms with Crippen molar-refractivity contribution in [2.45, 2.75) is 46.6 Å². The lowest BCUT2D eigenvalue weighted by molar-refractivity contribution is 0.860. The Kier molecular flexibility index (Phi) is 3.56. The van der Waals surface area contributed by atoms with Crippen molar-refractivity contribution in [1.29, 1.82) is 0 Å². The third kappa shape index (κ3) is 2.76. The summed E-state index contributed by atoms with van der Waals surface area (Å²) in [5.74, 6) is 0.600. The van der Waals surface area contributed by atoms with E-state index in [4.69, 9.17) is 0 Å². The molecule has 0 saturated carbocycles. The number of hydrogen-bond donors (Lipinski definition) is 1. The summed E-state index contributed by atoms with van der Waals surface area (Å²) >= 11 is 0. The molecule has 1 heteroatoms. The van der Waals surface area contributed by atoms with Crippen LogP contribution in [0.1, 0.15) is 44.7 Å². The molecule has 0 aromatic heterocycles. The predicted molar refractivity (Wildman–Crippen MR) is 64.0 cm³/mol. The summed E-state index contributed by atoms with van der Waals surface area (Å²) < 4.78 is 0. The maximum atomic E-state index is 3.47. The van der Waals surface area contributed by atoms with Crippen molar-refractivity contribution in [3.05, 3.63) is 29.3 Å². The van der Waals surface area contributed by atoms with E-state index in [0.717, 1.165) is 0 Å². The summed E-state index contributed by atoms with van der Waals surface area (Å²) in [5.41, 5.74) is 3.99. The minimum absolute atomic E-state index is 0.496. The minimum atomic E-state index is 0.496. The molecule has 0 heterocycles. The molecule has 0 aliphatic heterocycles. The first-order chi connectivity index (χ1) is 6.50. The number of anilines is 1. The largest absolute Gasteiger partial charge is 0.383 e. The van der Waals surface area contributed by atoms with E-state index in [1.807, 2.05) is 0 Å². The average Bonchev–Trinajstić information content (AvgIpc) is 2.07. The van der Waals surface area contributed by atoms with Gasteiger partial charge < -0.3 is 5.32 Å². The minimum Gasteiger partial charge on any atom is -0.383 e. The molecule has 0 saturated heterocycles. The van der Waals surface area contributed by atoms with E-state index in [-0.39, 0.29) is 0 Å². The average molecular weight is 191 g/mol. The summed E-state index contributed by atoms with van der Waals surface area (Å²) in [6.07, 6.45) is 0. The van der Waals surface area contributed by atoms with Crippen molar-refractivity contribution in [3.8, 4) is 0 Å². The van der Waals surface area contributed by atoms with E-state index < -0.39 is 0 Å². The summed E-state index contributed by atoms with van der Waals surface area (Å²) in [7, 11) is 0. The first-order valence-corrected chi connectivity index (χ1v) is 5.37. The molecule has 14 heavy (non-hydrogen) atoms. The number of nitrogens with one attached hydrogen (secondary N) is 1. The van der Waals surface area contributed by atoms with Crippen LogP contribution in [0.3, 0.4) is 0 Å². The van der Waals surface area contributed by atoms with Crippen LogP contribution in [0.15, 0.2) is 18.2 Å². The molecule has 0 spiro atoms. The van der Waals surface area contributed by atoms with Gasteiger partial charge in [0.05, 0.1) is 0 Å². The van der Waals surface area contributed by atoms with Crippen molar-refractivity contribution in [3.63, 3.8) is 0 Å². The van der Waals surface area contributed by atoms with Gasteiger partial charge in [0, 0.05) is 11.7 Å². The Bertz CT molecular complexity index is 300. The second-order valence-corrected chi connectivity index (χ2v) is 4.53. The molecule has 1 aromatic carbocycles. The zero-order valence-corrected chi connectivity index (χ0v) is 9.89. The van der Waals surface area contributed by atoms with Gasteiger partial charge in [0.25, 0.3) is 0 Å².